The third kappa shape index (κ3) is 2.75. The molecule has 2 rings (SSSR count). The molecule has 0 amide bonds. The lowest BCUT2D eigenvalue weighted by molar-refractivity contribution is 0.0690. The highest BCUT2D eigenvalue weighted by Gasteiger charge is 2.10. The lowest BCUT2D eigenvalue weighted by atomic mass is 10.3. The molecule has 0 bridgehead atoms. The van der Waals surface area contributed by atoms with Gasteiger partial charge in [0.05, 0.1) is 0 Å². The molecule has 17 heavy (non-hydrogen) atoms. The number of ether oxygens (including phenoxy) is 1. The molecule has 6 heteroatoms. The number of benzene rings is 1. The summed E-state index contributed by atoms with van der Waals surface area (Å²) in [5, 5.41) is 17.8. The molecule has 0 aliphatic rings. The van der Waals surface area contributed by atoms with E-state index in [1.165, 1.54) is 12.1 Å². The number of oxazole rings is 1. The Labute approximate surface area is 96.1 Å². The fourth-order valence-corrected chi connectivity index (χ4v) is 1.19. The third-order valence-electron chi connectivity index (χ3n) is 1.95. The second kappa shape index (κ2) is 4.56. The zero-order valence-corrected chi connectivity index (χ0v) is 8.66. The summed E-state index contributed by atoms with van der Waals surface area (Å²) >= 11 is 0. The second-order valence-corrected chi connectivity index (χ2v) is 3.22. The number of hydrogen-bond donors (Lipinski definition) is 2. The van der Waals surface area contributed by atoms with E-state index in [0.29, 0.717) is 5.75 Å². The number of carboxylic acids is 1. The van der Waals surface area contributed by atoms with Crippen LogP contribution in [0.4, 0.5) is 0 Å². The number of aromatic nitrogens is 1. The molecule has 0 unspecified atom stereocenters. The standard InChI is InChI=1S/C11H9NO5/c13-7-2-1-3-8(4-7)16-6-10-12-9(5-17-10)11(14)15/h1-5,13H,6H2,(H,14,15). The monoisotopic (exact) mass is 235 g/mol. The van der Waals surface area contributed by atoms with Crippen LogP contribution >= 0.6 is 0 Å². The minimum Gasteiger partial charge on any atom is -0.508 e. The number of hydrogen-bond acceptors (Lipinski definition) is 5. The lowest BCUT2D eigenvalue weighted by Gasteiger charge is -2.02. The molecule has 2 N–H and O–H groups in total. The van der Waals surface area contributed by atoms with Crippen molar-refractivity contribution in [3.63, 3.8) is 0 Å². The molecule has 0 radical (unpaired) electrons. The number of phenols is 1. The van der Waals surface area contributed by atoms with Crippen LogP contribution in [0.15, 0.2) is 34.9 Å². The van der Waals surface area contributed by atoms with Crippen molar-refractivity contribution in [3.05, 3.63) is 42.1 Å². The zero-order chi connectivity index (χ0) is 12.3. The summed E-state index contributed by atoms with van der Waals surface area (Å²) in [6.07, 6.45) is 1.05. The fraction of sp³-hybridized carbons (Fsp3) is 0.0909. The molecule has 2 aromatic rings. The highest BCUT2D eigenvalue weighted by molar-refractivity contribution is 5.84. The van der Waals surface area contributed by atoms with Crippen LogP contribution in [0, 0.1) is 0 Å². The molecular formula is C11H9NO5. The normalized spacial score (nSPS) is 10.1. The topological polar surface area (TPSA) is 92.8 Å². The molecule has 0 spiro atoms. The minimum atomic E-state index is -1.16. The summed E-state index contributed by atoms with van der Waals surface area (Å²) in [6.45, 7) is -0.00324. The van der Waals surface area contributed by atoms with Gasteiger partial charge < -0.3 is 19.4 Å². The Bertz CT molecular complexity index is 534. The van der Waals surface area contributed by atoms with Gasteiger partial charge in [-0.05, 0) is 12.1 Å². The van der Waals surface area contributed by atoms with Gasteiger partial charge in [-0.1, -0.05) is 6.07 Å². The highest BCUT2D eigenvalue weighted by Crippen LogP contribution is 2.18. The molecule has 1 aromatic carbocycles. The van der Waals surface area contributed by atoms with Gasteiger partial charge in [0.15, 0.2) is 12.3 Å². The van der Waals surface area contributed by atoms with E-state index in [-0.39, 0.29) is 23.9 Å². The summed E-state index contributed by atoms with van der Waals surface area (Å²) in [6, 6.07) is 6.23. The molecule has 0 fully saturated rings. The predicted octanol–water partition coefficient (Wildman–Crippen LogP) is 1.66. The van der Waals surface area contributed by atoms with Crippen LogP contribution in [0.5, 0.6) is 11.5 Å². The van der Waals surface area contributed by atoms with Crippen molar-refractivity contribution >= 4 is 5.97 Å². The van der Waals surface area contributed by atoms with Gasteiger partial charge in [0.1, 0.15) is 17.8 Å². The molecule has 1 aromatic heterocycles. The van der Waals surface area contributed by atoms with E-state index in [1.54, 1.807) is 12.1 Å². The van der Waals surface area contributed by atoms with Gasteiger partial charge in [0.25, 0.3) is 0 Å². The van der Waals surface area contributed by atoms with E-state index >= 15 is 0 Å². The first-order valence-corrected chi connectivity index (χ1v) is 4.74. The van der Waals surface area contributed by atoms with Crippen LogP contribution in [0.25, 0.3) is 0 Å². The molecule has 0 aliphatic heterocycles. The molecule has 0 atom stereocenters. The molecule has 0 saturated carbocycles. The van der Waals surface area contributed by atoms with Crippen molar-refractivity contribution < 1.29 is 24.2 Å². The SMILES string of the molecule is O=C(O)c1coc(COc2cccc(O)c2)n1. The van der Waals surface area contributed by atoms with E-state index in [4.69, 9.17) is 14.3 Å². The smallest absolute Gasteiger partial charge is 0.357 e. The van der Waals surface area contributed by atoms with Gasteiger partial charge in [0.2, 0.25) is 5.89 Å². The van der Waals surface area contributed by atoms with E-state index in [9.17, 15) is 9.90 Å². The average molecular weight is 235 g/mol. The lowest BCUT2D eigenvalue weighted by Crippen LogP contribution is -1.99. The van der Waals surface area contributed by atoms with Gasteiger partial charge >= 0.3 is 5.97 Å². The molecule has 0 aliphatic carbocycles. The Morgan fingerprint density at radius 1 is 1.47 bits per heavy atom. The molecule has 6 nitrogen and oxygen atoms in total. The number of carbonyl (C=O) groups is 1. The molecule has 0 saturated heterocycles. The number of carboxylic acid groups (broad SMARTS) is 1. The maximum absolute atomic E-state index is 10.5. The summed E-state index contributed by atoms with van der Waals surface area (Å²) in [7, 11) is 0. The quantitative estimate of drug-likeness (QED) is 0.837. The van der Waals surface area contributed by atoms with Crippen LogP contribution in [0.2, 0.25) is 0 Å². The number of nitrogens with zero attached hydrogens (tertiary/aromatic N) is 1. The van der Waals surface area contributed by atoms with Crippen molar-refractivity contribution in [2.24, 2.45) is 0 Å². The van der Waals surface area contributed by atoms with Crippen LogP contribution in [0.1, 0.15) is 16.4 Å². The van der Waals surface area contributed by atoms with E-state index in [0.717, 1.165) is 6.26 Å². The Morgan fingerprint density at radius 3 is 2.94 bits per heavy atom. The number of aromatic carboxylic acids is 1. The Morgan fingerprint density at radius 2 is 2.29 bits per heavy atom. The summed E-state index contributed by atoms with van der Waals surface area (Å²) < 4.78 is 10.2. The second-order valence-electron chi connectivity index (χ2n) is 3.22. The molecular weight excluding hydrogens is 226 g/mol. The van der Waals surface area contributed by atoms with Crippen LogP contribution in [0.3, 0.4) is 0 Å². The van der Waals surface area contributed by atoms with Gasteiger partial charge in [0, 0.05) is 6.07 Å². The number of aromatic hydroxyl groups is 1. The van der Waals surface area contributed by atoms with Crippen molar-refractivity contribution in [3.8, 4) is 11.5 Å². The minimum absolute atomic E-state index is 0.00324. The number of rotatable bonds is 4. The van der Waals surface area contributed by atoms with Crippen molar-refractivity contribution in [2.45, 2.75) is 6.61 Å². The molecule has 1 heterocycles. The maximum atomic E-state index is 10.5. The Kier molecular flexibility index (Phi) is 2.95. The van der Waals surface area contributed by atoms with Crippen LogP contribution in [-0.4, -0.2) is 21.2 Å². The first-order valence-electron chi connectivity index (χ1n) is 4.74. The largest absolute Gasteiger partial charge is 0.508 e. The van der Waals surface area contributed by atoms with Crippen LogP contribution in [-0.2, 0) is 6.61 Å². The first-order chi connectivity index (χ1) is 8.15. The molecule has 88 valence electrons. The first kappa shape index (κ1) is 11.0. The van der Waals surface area contributed by atoms with Gasteiger partial charge in [-0.3, -0.25) is 0 Å². The van der Waals surface area contributed by atoms with E-state index < -0.39 is 5.97 Å². The summed E-state index contributed by atoms with van der Waals surface area (Å²) in [5.41, 5.74) is -0.167. The van der Waals surface area contributed by atoms with Crippen molar-refractivity contribution in [1.29, 1.82) is 0 Å². The maximum Gasteiger partial charge on any atom is 0.357 e. The average Bonchev–Trinajstić information content (AvgIpc) is 2.75. The fourth-order valence-electron chi connectivity index (χ4n) is 1.19. The zero-order valence-electron chi connectivity index (χ0n) is 8.66. The summed E-state index contributed by atoms with van der Waals surface area (Å²) in [5.74, 6) is -0.468. The van der Waals surface area contributed by atoms with Crippen molar-refractivity contribution in [1.82, 2.24) is 4.98 Å². The van der Waals surface area contributed by atoms with E-state index in [2.05, 4.69) is 4.98 Å². The van der Waals surface area contributed by atoms with Gasteiger partial charge in [-0.25, -0.2) is 9.78 Å². The van der Waals surface area contributed by atoms with Crippen molar-refractivity contribution in [2.75, 3.05) is 0 Å². The third-order valence-corrected chi connectivity index (χ3v) is 1.95. The summed E-state index contributed by atoms with van der Waals surface area (Å²) in [4.78, 5) is 14.2. The predicted molar refractivity (Wildman–Crippen MR) is 55.9 cm³/mol. The van der Waals surface area contributed by atoms with E-state index in [1.807, 2.05) is 0 Å². The van der Waals surface area contributed by atoms with Gasteiger partial charge in [-0.15, -0.1) is 0 Å². The van der Waals surface area contributed by atoms with Crippen LogP contribution < -0.4 is 4.74 Å². The Hall–Kier alpha value is -2.50. The number of phenolic OH excluding ortho intramolecular Hbond substituents is 1. The van der Waals surface area contributed by atoms with Gasteiger partial charge in [-0.2, -0.15) is 0 Å². The Balaban J connectivity index is 2.00. The highest BCUT2D eigenvalue weighted by atomic mass is 16.5.